The minimum Gasteiger partial charge on any atom is -0.369 e. The number of anilines is 1. The van der Waals surface area contributed by atoms with Crippen molar-refractivity contribution in [1.82, 2.24) is 15.1 Å². The maximum Gasteiger partial charge on any atom is 0.416 e. The summed E-state index contributed by atoms with van der Waals surface area (Å²) in [5, 5.41) is 3.23. The number of hydrogen-bond donors (Lipinski definition) is 1. The fraction of sp³-hybridized carbons (Fsp3) is 0.731. The van der Waals surface area contributed by atoms with E-state index < -0.39 is 11.7 Å². The summed E-state index contributed by atoms with van der Waals surface area (Å²) in [5.41, 5.74) is 0.0788. The molecule has 0 radical (unpaired) electrons. The third-order valence-electron chi connectivity index (χ3n) is 7.53. The second kappa shape index (κ2) is 12.8. The van der Waals surface area contributed by atoms with Crippen LogP contribution in [-0.2, 0) is 11.0 Å². The van der Waals surface area contributed by atoms with Crippen molar-refractivity contribution in [1.29, 1.82) is 0 Å². The standard InChI is InChI=1S/C26H41F3N4O/c1-3-31(4-2)15-13-25(34)30-23-10-8-21(9-11-23)12-14-32-16-18-33(19-17-32)24-7-5-6-22(20-24)26(27,28)29/h5-7,20-21,23H,3-4,8-19H2,1-2H3,(H,30,34). The Morgan fingerprint density at radius 2 is 1.74 bits per heavy atom. The Morgan fingerprint density at radius 1 is 1.06 bits per heavy atom. The molecule has 1 aromatic carbocycles. The summed E-state index contributed by atoms with van der Waals surface area (Å²) in [5.74, 6) is 0.874. The van der Waals surface area contributed by atoms with Gasteiger partial charge in [0.2, 0.25) is 5.91 Å². The monoisotopic (exact) mass is 482 g/mol. The van der Waals surface area contributed by atoms with Crippen LogP contribution in [0.3, 0.4) is 0 Å². The van der Waals surface area contributed by atoms with E-state index in [2.05, 4.69) is 33.9 Å². The van der Waals surface area contributed by atoms with Crippen molar-refractivity contribution in [2.75, 3.05) is 57.3 Å². The quantitative estimate of drug-likeness (QED) is 0.528. The van der Waals surface area contributed by atoms with Gasteiger partial charge in [0.15, 0.2) is 0 Å². The van der Waals surface area contributed by atoms with Crippen molar-refractivity contribution in [2.45, 2.75) is 64.6 Å². The molecule has 1 amide bonds. The number of benzene rings is 1. The molecular formula is C26H41F3N4O. The summed E-state index contributed by atoms with van der Waals surface area (Å²) in [6, 6.07) is 5.97. The second-order valence-corrected chi connectivity index (χ2v) is 9.73. The van der Waals surface area contributed by atoms with Crippen molar-refractivity contribution < 1.29 is 18.0 Å². The average molecular weight is 483 g/mol. The summed E-state index contributed by atoms with van der Waals surface area (Å²) in [4.78, 5) is 19.0. The number of nitrogens with zero attached hydrogens (tertiary/aromatic N) is 3. The Labute approximate surface area is 202 Å². The topological polar surface area (TPSA) is 38.8 Å². The van der Waals surface area contributed by atoms with Crippen molar-refractivity contribution in [3.63, 3.8) is 0 Å². The van der Waals surface area contributed by atoms with Gasteiger partial charge in [0.05, 0.1) is 5.56 Å². The molecule has 3 rings (SSSR count). The lowest BCUT2D eigenvalue weighted by atomic mass is 9.84. The summed E-state index contributed by atoms with van der Waals surface area (Å²) in [6.45, 7) is 11.4. The van der Waals surface area contributed by atoms with Gasteiger partial charge >= 0.3 is 6.18 Å². The maximum atomic E-state index is 13.0. The molecule has 1 saturated heterocycles. The minimum absolute atomic E-state index is 0.175. The van der Waals surface area contributed by atoms with Crippen LogP contribution in [0.4, 0.5) is 18.9 Å². The third-order valence-corrected chi connectivity index (χ3v) is 7.53. The van der Waals surface area contributed by atoms with E-state index in [1.807, 2.05) is 0 Å². The van der Waals surface area contributed by atoms with Gasteiger partial charge in [-0.05, 0) is 75.9 Å². The predicted molar refractivity (Wildman–Crippen MR) is 131 cm³/mol. The highest BCUT2D eigenvalue weighted by molar-refractivity contribution is 5.76. The lowest BCUT2D eigenvalue weighted by molar-refractivity contribution is -0.137. The van der Waals surface area contributed by atoms with Gasteiger partial charge in [0.25, 0.3) is 0 Å². The van der Waals surface area contributed by atoms with E-state index in [0.29, 0.717) is 24.1 Å². The van der Waals surface area contributed by atoms with Gasteiger partial charge < -0.3 is 15.1 Å². The molecule has 1 saturated carbocycles. The molecule has 2 fully saturated rings. The number of rotatable bonds is 10. The highest BCUT2D eigenvalue weighted by atomic mass is 19.4. The first-order valence-corrected chi connectivity index (χ1v) is 12.9. The first-order chi connectivity index (χ1) is 16.3. The lowest BCUT2D eigenvalue weighted by Crippen LogP contribution is -2.47. The Balaban J connectivity index is 1.32. The van der Waals surface area contributed by atoms with Crippen molar-refractivity contribution >= 4 is 11.6 Å². The summed E-state index contributed by atoms with van der Waals surface area (Å²) in [7, 11) is 0. The zero-order valence-electron chi connectivity index (χ0n) is 20.7. The lowest BCUT2D eigenvalue weighted by Gasteiger charge is -2.37. The van der Waals surface area contributed by atoms with Crippen LogP contribution in [0.15, 0.2) is 24.3 Å². The van der Waals surface area contributed by atoms with Crippen LogP contribution in [0, 0.1) is 5.92 Å². The van der Waals surface area contributed by atoms with Gasteiger partial charge in [-0.2, -0.15) is 13.2 Å². The van der Waals surface area contributed by atoms with E-state index in [9.17, 15) is 18.0 Å². The first kappa shape index (κ1) is 26.8. The third kappa shape index (κ3) is 8.15. The first-order valence-electron chi connectivity index (χ1n) is 12.9. The van der Waals surface area contributed by atoms with Crippen LogP contribution in [0.1, 0.15) is 57.9 Å². The molecule has 192 valence electrons. The molecule has 0 atom stereocenters. The Morgan fingerprint density at radius 3 is 2.35 bits per heavy atom. The predicted octanol–water partition coefficient (Wildman–Crippen LogP) is 4.62. The van der Waals surface area contributed by atoms with Gasteiger partial charge in [0, 0.05) is 50.9 Å². The minimum atomic E-state index is -4.30. The number of carbonyl (C=O) groups is 1. The van der Waals surface area contributed by atoms with Gasteiger partial charge in [-0.1, -0.05) is 19.9 Å². The number of amides is 1. The van der Waals surface area contributed by atoms with E-state index in [0.717, 1.165) is 90.5 Å². The van der Waals surface area contributed by atoms with E-state index >= 15 is 0 Å². The molecule has 0 aromatic heterocycles. The van der Waals surface area contributed by atoms with Crippen LogP contribution < -0.4 is 10.2 Å². The van der Waals surface area contributed by atoms with Crippen LogP contribution in [-0.4, -0.2) is 74.1 Å². The van der Waals surface area contributed by atoms with Gasteiger partial charge in [-0.25, -0.2) is 0 Å². The normalized spacial score (nSPS) is 22.2. The number of hydrogen-bond acceptors (Lipinski definition) is 4. The SMILES string of the molecule is CCN(CC)CCC(=O)NC1CCC(CCN2CCN(c3cccc(C(F)(F)F)c3)CC2)CC1. The molecule has 2 aliphatic rings. The highest BCUT2D eigenvalue weighted by Gasteiger charge is 2.31. The smallest absolute Gasteiger partial charge is 0.369 e. The fourth-order valence-corrected chi connectivity index (χ4v) is 5.17. The molecule has 0 unspecified atom stereocenters. The molecule has 0 bridgehead atoms. The zero-order chi connectivity index (χ0) is 24.6. The van der Waals surface area contributed by atoms with E-state index in [1.165, 1.54) is 12.1 Å². The average Bonchev–Trinajstić information content (AvgIpc) is 2.84. The van der Waals surface area contributed by atoms with Crippen molar-refractivity contribution in [3.05, 3.63) is 29.8 Å². The van der Waals surface area contributed by atoms with Crippen LogP contribution in [0.25, 0.3) is 0 Å². The number of piperazine rings is 1. The Hall–Kier alpha value is -1.80. The van der Waals surface area contributed by atoms with E-state index in [-0.39, 0.29) is 5.91 Å². The van der Waals surface area contributed by atoms with Crippen molar-refractivity contribution in [3.8, 4) is 0 Å². The molecule has 1 aliphatic heterocycles. The number of carbonyl (C=O) groups excluding carboxylic acids is 1. The second-order valence-electron chi connectivity index (χ2n) is 9.73. The molecule has 1 N–H and O–H groups in total. The summed E-state index contributed by atoms with van der Waals surface area (Å²) < 4.78 is 39.0. The summed E-state index contributed by atoms with van der Waals surface area (Å²) >= 11 is 0. The van der Waals surface area contributed by atoms with E-state index in [4.69, 9.17) is 0 Å². The molecule has 0 spiro atoms. The van der Waals surface area contributed by atoms with Crippen LogP contribution in [0.5, 0.6) is 0 Å². The molecule has 1 aromatic rings. The Bertz CT molecular complexity index is 753. The highest BCUT2D eigenvalue weighted by Crippen LogP contribution is 2.32. The number of halogens is 3. The molecule has 34 heavy (non-hydrogen) atoms. The molecule has 8 heteroatoms. The van der Waals surface area contributed by atoms with Crippen LogP contribution >= 0.6 is 0 Å². The molecule has 5 nitrogen and oxygen atoms in total. The van der Waals surface area contributed by atoms with Gasteiger partial charge in [-0.15, -0.1) is 0 Å². The fourth-order valence-electron chi connectivity index (χ4n) is 5.17. The van der Waals surface area contributed by atoms with E-state index in [1.54, 1.807) is 6.07 Å². The Kier molecular flexibility index (Phi) is 10.1. The maximum absolute atomic E-state index is 13.0. The van der Waals surface area contributed by atoms with Crippen LogP contribution in [0.2, 0.25) is 0 Å². The molecule has 1 aliphatic carbocycles. The van der Waals surface area contributed by atoms with Gasteiger partial charge in [0.1, 0.15) is 0 Å². The molecular weight excluding hydrogens is 441 g/mol. The number of alkyl halides is 3. The largest absolute Gasteiger partial charge is 0.416 e. The van der Waals surface area contributed by atoms with Gasteiger partial charge in [-0.3, -0.25) is 9.69 Å². The number of nitrogens with one attached hydrogen (secondary N) is 1. The summed E-state index contributed by atoms with van der Waals surface area (Å²) in [6.07, 6.45) is 1.87. The van der Waals surface area contributed by atoms with Crippen molar-refractivity contribution in [2.24, 2.45) is 5.92 Å². The zero-order valence-corrected chi connectivity index (χ0v) is 20.7. The molecule has 1 heterocycles.